The number of anilines is 1. The molecule has 1 heterocycles. The number of aromatic nitrogens is 1. The fourth-order valence-corrected chi connectivity index (χ4v) is 2.21. The lowest BCUT2D eigenvalue weighted by atomic mass is 10.1. The van der Waals surface area contributed by atoms with E-state index < -0.39 is 0 Å². The van der Waals surface area contributed by atoms with Gasteiger partial charge in [-0.25, -0.2) is 0 Å². The lowest BCUT2D eigenvalue weighted by Gasteiger charge is -2.17. The van der Waals surface area contributed by atoms with Gasteiger partial charge in [0.25, 0.3) is 5.91 Å². The van der Waals surface area contributed by atoms with Crippen LogP contribution < -0.4 is 11.1 Å². The van der Waals surface area contributed by atoms with Crippen LogP contribution in [0.4, 0.5) is 5.69 Å². The van der Waals surface area contributed by atoms with Gasteiger partial charge < -0.3 is 15.6 Å². The molecule has 1 atom stereocenters. The molecule has 0 saturated carbocycles. The first kappa shape index (κ1) is 14.2. The average Bonchev–Trinajstić information content (AvgIpc) is 2.82. The second-order valence-electron chi connectivity index (χ2n) is 5.27. The first-order chi connectivity index (χ1) is 9.49. The summed E-state index contributed by atoms with van der Waals surface area (Å²) < 4.78 is 1.89. The molecule has 1 aromatic carbocycles. The second kappa shape index (κ2) is 5.82. The van der Waals surface area contributed by atoms with Crippen molar-refractivity contribution in [2.45, 2.75) is 32.9 Å². The van der Waals surface area contributed by atoms with E-state index in [0.29, 0.717) is 11.4 Å². The highest BCUT2D eigenvalue weighted by Crippen LogP contribution is 2.18. The van der Waals surface area contributed by atoms with Crippen LogP contribution in [0.2, 0.25) is 0 Å². The molecule has 3 N–H and O–H groups in total. The smallest absolute Gasteiger partial charge is 0.268 e. The zero-order chi connectivity index (χ0) is 14.7. The van der Waals surface area contributed by atoms with E-state index in [1.54, 1.807) is 12.3 Å². The Hall–Kier alpha value is -2.23. The van der Waals surface area contributed by atoms with Crippen LogP contribution in [0.15, 0.2) is 42.6 Å². The number of nitrogen functional groups attached to an aromatic ring is 1. The Labute approximate surface area is 119 Å². The van der Waals surface area contributed by atoms with Gasteiger partial charge in [0.05, 0.1) is 11.7 Å². The molecule has 0 aliphatic heterocycles. The molecule has 20 heavy (non-hydrogen) atoms. The van der Waals surface area contributed by atoms with Crippen LogP contribution >= 0.6 is 0 Å². The second-order valence-corrected chi connectivity index (χ2v) is 5.27. The Kier molecular flexibility index (Phi) is 4.13. The molecular formula is C16H21N3O. The monoisotopic (exact) mass is 271 g/mol. The van der Waals surface area contributed by atoms with Crippen LogP contribution in [-0.2, 0) is 0 Å². The van der Waals surface area contributed by atoms with Crippen LogP contribution in [0.3, 0.4) is 0 Å². The molecule has 4 nitrogen and oxygen atoms in total. The summed E-state index contributed by atoms with van der Waals surface area (Å²) in [5.41, 5.74) is 8.08. The molecule has 0 fully saturated rings. The summed E-state index contributed by atoms with van der Waals surface area (Å²) >= 11 is 0. The number of amides is 1. The molecule has 0 saturated heterocycles. The van der Waals surface area contributed by atoms with E-state index in [0.717, 1.165) is 5.56 Å². The summed E-state index contributed by atoms with van der Waals surface area (Å²) in [5, 5.41) is 3.01. The molecule has 2 aromatic rings. The third-order valence-electron chi connectivity index (χ3n) is 3.31. The minimum atomic E-state index is -0.105. The van der Waals surface area contributed by atoms with Gasteiger partial charge in [-0.3, -0.25) is 4.79 Å². The summed E-state index contributed by atoms with van der Waals surface area (Å²) in [7, 11) is 0. The Morgan fingerprint density at radius 3 is 2.45 bits per heavy atom. The minimum absolute atomic E-state index is 0.0413. The lowest BCUT2D eigenvalue weighted by molar-refractivity contribution is 0.0929. The molecular weight excluding hydrogens is 250 g/mol. The molecule has 1 aromatic heterocycles. The maximum atomic E-state index is 12.4. The first-order valence-corrected chi connectivity index (χ1v) is 6.82. The fourth-order valence-electron chi connectivity index (χ4n) is 2.21. The zero-order valence-electron chi connectivity index (χ0n) is 12.1. The van der Waals surface area contributed by atoms with Gasteiger partial charge in [0.1, 0.15) is 5.69 Å². The van der Waals surface area contributed by atoms with Crippen molar-refractivity contribution >= 4 is 11.6 Å². The molecule has 1 unspecified atom stereocenters. The minimum Gasteiger partial charge on any atom is -0.397 e. The summed E-state index contributed by atoms with van der Waals surface area (Å²) in [5.74, 6) is -0.105. The van der Waals surface area contributed by atoms with Crippen molar-refractivity contribution in [2.75, 3.05) is 5.73 Å². The van der Waals surface area contributed by atoms with Crippen LogP contribution in [0.25, 0.3) is 0 Å². The lowest BCUT2D eigenvalue weighted by Crippen LogP contribution is -2.28. The van der Waals surface area contributed by atoms with E-state index in [2.05, 4.69) is 5.32 Å². The predicted molar refractivity (Wildman–Crippen MR) is 81.6 cm³/mol. The maximum Gasteiger partial charge on any atom is 0.268 e. The Balaban J connectivity index is 2.16. The van der Waals surface area contributed by atoms with E-state index >= 15 is 0 Å². The molecule has 1 amide bonds. The topological polar surface area (TPSA) is 60.1 Å². The van der Waals surface area contributed by atoms with Gasteiger partial charge in [0.2, 0.25) is 0 Å². The van der Waals surface area contributed by atoms with Crippen LogP contribution in [0, 0.1) is 0 Å². The van der Waals surface area contributed by atoms with Crippen molar-refractivity contribution in [1.29, 1.82) is 0 Å². The SMILES string of the molecule is CC(NC(=O)c1cc(N)cn1C(C)C)c1ccccc1. The highest BCUT2D eigenvalue weighted by Gasteiger charge is 2.17. The average molecular weight is 271 g/mol. The number of hydrogen-bond acceptors (Lipinski definition) is 2. The van der Waals surface area contributed by atoms with Crippen LogP contribution in [0.5, 0.6) is 0 Å². The van der Waals surface area contributed by atoms with Gasteiger partial charge >= 0.3 is 0 Å². The number of nitrogens with one attached hydrogen (secondary N) is 1. The maximum absolute atomic E-state index is 12.4. The Bertz CT molecular complexity index is 587. The molecule has 4 heteroatoms. The summed E-state index contributed by atoms with van der Waals surface area (Å²) in [6, 6.07) is 11.8. The van der Waals surface area contributed by atoms with Crippen molar-refractivity contribution in [3.05, 3.63) is 53.9 Å². The highest BCUT2D eigenvalue weighted by molar-refractivity contribution is 5.94. The fraction of sp³-hybridized carbons (Fsp3) is 0.312. The number of carbonyl (C=O) groups excluding carboxylic acids is 1. The molecule has 106 valence electrons. The number of rotatable bonds is 4. The number of benzene rings is 1. The van der Waals surface area contributed by atoms with Gasteiger partial charge in [0.15, 0.2) is 0 Å². The van der Waals surface area contributed by atoms with Gasteiger partial charge in [-0.2, -0.15) is 0 Å². The van der Waals surface area contributed by atoms with Crippen LogP contribution in [0.1, 0.15) is 48.9 Å². The quantitative estimate of drug-likeness (QED) is 0.897. The summed E-state index contributed by atoms with van der Waals surface area (Å²) in [6.07, 6.45) is 1.80. The third kappa shape index (κ3) is 3.02. The number of hydrogen-bond donors (Lipinski definition) is 2. The number of nitrogens with two attached hydrogens (primary N) is 1. The van der Waals surface area contributed by atoms with Gasteiger partial charge in [-0.05, 0) is 32.4 Å². The summed E-state index contributed by atoms with van der Waals surface area (Å²) in [4.78, 5) is 12.4. The third-order valence-corrected chi connectivity index (χ3v) is 3.31. The largest absolute Gasteiger partial charge is 0.397 e. The van der Waals surface area contributed by atoms with Crippen molar-refractivity contribution in [1.82, 2.24) is 9.88 Å². The van der Waals surface area contributed by atoms with Gasteiger partial charge in [-0.1, -0.05) is 30.3 Å². The van der Waals surface area contributed by atoms with Crippen molar-refractivity contribution < 1.29 is 4.79 Å². The Morgan fingerprint density at radius 2 is 1.85 bits per heavy atom. The van der Waals surface area contributed by atoms with Crippen LogP contribution in [-0.4, -0.2) is 10.5 Å². The van der Waals surface area contributed by atoms with E-state index in [4.69, 9.17) is 5.73 Å². The zero-order valence-corrected chi connectivity index (χ0v) is 12.1. The molecule has 0 spiro atoms. The molecule has 0 radical (unpaired) electrons. The van der Waals surface area contributed by atoms with Crippen molar-refractivity contribution in [3.63, 3.8) is 0 Å². The normalized spacial score (nSPS) is 12.4. The molecule has 0 aliphatic carbocycles. The number of carbonyl (C=O) groups is 1. The Morgan fingerprint density at radius 1 is 1.20 bits per heavy atom. The van der Waals surface area contributed by atoms with E-state index in [-0.39, 0.29) is 18.0 Å². The standard InChI is InChI=1S/C16H21N3O/c1-11(2)19-10-14(17)9-15(19)16(20)18-12(3)13-7-5-4-6-8-13/h4-12H,17H2,1-3H3,(H,18,20). The first-order valence-electron chi connectivity index (χ1n) is 6.82. The number of nitrogens with zero attached hydrogens (tertiary/aromatic N) is 1. The van der Waals surface area contributed by atoms with E-state index in [1.165, 1.54) is 0 Å². The van der Waals surface area contributed by atoms with E-state index in [9.17, 15) is 4.79 Å². The predicted octanol–water partition coefficient (Wildman–Crippen LogP) is 3.14. The van der Waals surface area contributed by atoms with Gasteiger partial charge in [-0.15, -0.1) is 0 Å². The van der Waals surface area contributed by atoms with Crippen molar-refractivity contribution in [3.8, 4) is 0 Å². The van der Waals surface area contributed by atoms with Crippen molar-refractivity contribution in [2.24, 2.45) is 0 Å². The molecule has 2 rings (SSSR count). The van der Waals surface area contributed by atoms with E-state index in [1.807, 2.05) is 55.7 Å². The molecule has 0 aliphatic rings. The highest BCUT2D eigenvalue weighted by atomic mass is 16.2. The van der Waals surface area contributed by atoms with Gasteiger partial charge in [0, 0.05) is 12.2 Å². The summed E-state index contributed by atoms with van der Waals surface area (Å²) in [6.45, 7) is 6.02. The molecule has 0 bridgehead atoms.